The van der Waals surface area contributed by atoms with Gasteiger partial charge in [0.05, 0.1) is 18.1 Å². The summed E-state index contributed by atoms with van der Waals surface area (Å²) in [7, 11) is 3.72. The van der Waals surface area contributed by atoms with E-state index in [4.69, 9.17) is 9.73 Å². The summed E-state index contributed by atoms with van der Waals surface area (Å²) < 4.78 is 5.97. The molecule has 1 spiro atoms. The summed E-state index contributed by atoms with van der Waals surface area (Å²) >= 11 is 0. The van der Waals surface area contributed by atoms with E-state index < -0.39 is 0 Å². The minimum absolute atomic E-state index is 0.232. The molecule has 154 valence electrons. The summed E-state index contributed by atoms with van der Waals surface area (Å²) in [4.78, 5) is 19.4. The van der Waals surface area contributed by atoms with Gasteiger partial charge in [0.1, 0.15) is 0 Å². The van der Waals surface area contributed by atoms with Crippen LogP contribution in [0, 0.1) is 10.8 Å². The number of ether oxygens (including phenoxy) is 1. The van der Waals surface area contributed by atoms with E-state index in [1.807, 2.05) is 14.1 Å². The molecule has 0 aromatic rings. The third-order valence-corrected chi connectivity index (χ3v) is 7.05. The van der Waals surface area contributed by atoms with Crippen molar-refractivity contribution in [3.63, 3.8) is 0 Å². The van der Waals surface area contributed by atoms with Gasteiger partial charge in [-0.3, -0.25) is 9.79 Å². The van der Waals surface area contributed by atoms with Gasteiger partial charge in [0.15, 0.2) is 5.96 Å². The van der Waals surface area contributed by atoms with Crippen LogP contribution in [0.5, 0.6) is 0 Å². The van der Waals surface area contributed by atoms with Crippen LogP contribution in [0.25, 0.3) is 0 Å². The zero-order valence-electron chi connectivity index (χ0n) is 17.6. The second-order valence-electron chi connectivity index (χ2n) is 8.85. The predicted octanol–water partition coefficient (Wildman–Crippen LogP) is 2.54. The fourth-order valence-corrected chi connectivity index (χ4v) is 5.32. The van der Waals surface area contributed by atoms with Gasteiger partial charge >= 0.3 is 0 Å². The van der Waals surface area contributed by atoms with Crippen LogP contribution < -0.4 is 10.6 Å². The van der Waals surface area contributed by atoms with E-state index in [0.717, 1.165) is 51.2 Å². The Morgan fingerprint density at radius 3 is 2.37 bits per heavy atom. The molecule has 3 rings (SSSR count). The molecule has 2 unspecified atom stereocenters. The van der Waals surface area contributed by atoms with Crippen LogP contribution >= 0.6 is 0 Å². The first-order chi connectivity index (χ1) is 13.0. The van der Waals surface area contributed by atoms with Gasteiger partial charge in [-0.25, -0.2) is 0 Å². The first kappa shape index (κ1) is 20.4. The molecule has 0 heterocycles. The molecule has 6 nitrogen and oxygen atoms in total. The van der Waals surface area contributed by atoms with Crippen LogP contribution in [0.3, 0.4) is 0 Å². The lowest BCUT2D eigenvalue weighted by atomic mass is 9.51. The van der Waals surface area contributed by atoms with Crippen molar-refractivity contribution in [1.29, 1.82) is 0 Å². The highest BCUT2D eigenvalue weighted by molar-refractivity contribution is 5.84. The molecule has 27 heavy (non-hydrogen) atoms. The van der Waals surface area contributed by atoms with Crippen LogP contribution in [0.1, 0.15) is 65.2 Å². The molecule has 3 saturated carbocycles. The van der Waals surface area contributed by atoms with Crippen molar-refractivity contribution in [2.75, 3.05) is 33.8 Å². The number of guanidine groups is 1. The summed E-state index contributed by atoms with van der Waals surface area (Å²) in [5.74, 6) is 1.09. The average Bonchev–Trinajstić information content (AvgIpc) is 3.06. The average molecular weight is 379 g/mol. The van der Waals surface area contributed by atoms with Gasteiger partial charge in [-0.05, 0) is 46.0 Å². The Bertz CT molecular complexity index is 550. The van der Waals surface area contributed by atoms with Crippen molar-refractivity contribution in [2.24, 2.45) is 15.8 Å². The highest BCUT2D eigenvalue weighted by Crippen LogP contribution is 2.57. The van der Waals surface area contributed by atoms with E-state index in [2.05, 4.69) is 24.5 Å². The molecule has 0 saturated heterocycles. The lowest BCUT2D eigenvalue weighted by Crippen LogP contribution is -2.68. The summed E-state index contributed by atoms with van der Waals surface area (Å²) in [6.07, 6.45) is 9.40. The Labute approximate surface area is 164 Å². The largest absolute Gasteiger partial charge is 0.378 e. The zero-order chi connectivity index (χ0) is 19.5. The molecule has 0 aliphatic heterocycles. The highest BCUT2D eigenvalue weighted by atomic mass is 16.5. The van der Waals surface area contributed by atoms with Gasteiger partial charge in [-0.1, -0.05) is 19.3 Å². The molecule has 3 aliphatic rings. The standard InChI is InChI=1S/C21H38N4O2/c1-5-22-19(23-15-20(10-7-8-11-20)18(26)25(3)4)24-16-14-17(27-6-2)21(16)12-9-13-21/h16-17H,5-15H2,1-4H3,(H2,22,23,24). The topological polar surface area (TPSA) is 66.0 Å². The number of rotatable bonds is 7. The number of hydrogen-bond donors (Lipinski definition) is 2. The predicted molar refractivity (Wildman–Crippen MR) is 109 cm³/mol. The first-order valence-electron chi connectivity index (χ1n) is 10.9. The van der Waals surface area contributed by atoms with Crippen molar-refractivity contribution in [2.45, 2.75) is 77.4 Å². The fourth-order valence-electron chi connectivity index (χ4n) is 5.32. The monoisotopic (exact) mass is 378 g/mol. The Kier molecular flexibility index (Phi) is 6.34. The van der Waals surface area contributed by atoms with Crippen molar-refractivity contribution in [3.8, 4) is 0 Å². The van der Waals surface area contributed by atoms with E-state index in [1.165, 1.54) is 19.3 Å². The van der Waals surface area contributed by atoms with E-state index in [-0.39, 0.29) is 11.3 Å². The maximum atomic E-state index is 12.8. The van der Waals surface area contributed by atoms with Gasteiger partial charge in [-0.15, -0.1) is 0 Å². The Morgan fingerprint density at radius 2 is 1.85 bits per heavy atom. The molecule has 6 heteroatoms. The van der Waals surface area contributed by atoms with Crippen molar-refractivity contribution >= 4 is 11.9 Å². The highest BCUT2D eigenvalue weighted by Gasteiger charge is 2.59. The van der Waals surface area contributed by atoms with Crippen molar-refractivity contribution in [3.05, 3.63) is 0 Å². The molecule has 0 radical (unpaired) electrons. The van der Waals surface area contributed by atoms with Crippen LogP contribution in [-0.4, -0.2) is 62.7 Å². The molecule has 1 amide bonds. The zero-order valence-corrected chi connectivity index (χ0v) is 17.6. The number of carbonyl (C=O) groups excluding carboxylic acids is 1. The van der Waals surface area contributed by atoms with Gasteiger partial charge in [0.2, 0.25) is 5.91 Å². The van der Waals surface area contributed by atoms with Crippen molar-refractivity contribution < 1.29 is 9.53 Å². The molecular weight excluding hydrogens is 340 g/mol. The quantitative estimate of drug-likeness (QED) is 0.528. The smallest absolute Gasteiger partial charge is 0.230 e. The third-order valence-electron chi connectivity index (χ3n) is 7.05. The van der Waals surface area contributed by atoms with Crippen molar-refractivity contribution in [1.82, 2.24) is 15.5 Å². The van der Waals surface area contributed by atoms with E-state index in [1.54, 1.807) is 4.90 Å². The molecule has 2 N–H and O–H groups in total. The molecular formula is C21H38N4O2. The summed E-state index contributed by atoms with van der Waals surface area (Å²) in [5.41, 5.74) is -0.00974. The van der Waals surface area contributed by atoms with Crippen LogP contribution in [-0.2, 0) is 9.53 Å². The van der Waals surface area contributed by atoms with Gasteiger partial charge in [0.25, 0.3) is 0 Å². The molecule has 3 aliphatic carbocycles. The number of amides is 1. The second kappa shape index (κ2) is 8.38. The number of nitrogens with one attached hydrogen (secondary N) is 2. The number of hydrogen-bond acceptors (Lipinski definition) is 3. The number of carbonyl (C=O) groups is 1. The molecule has 0 aromatic heterocycles. The maximum Gasteiger partial charge on any atom is 0.230 e. The Balaban J connectivity index is 1.67. The summed E-state index contributed by atoms with van der Waals surface area (Å²) in [6.45, 7) is 6.38. The van der Waals surface area contributed by atoms with Gasteiger partial charge < -0.3 is 20.3 Å². The number of nitrogens with zero attached hydrogens (tertiary/aromatic N) is 2. The van der Waals surface area contributed by atoms with Crippen LogP contribution in [0.15, 0.2) is 4.99 Å². The molecule has 2 atom stereocenters. The number of aliphatic imine (C=N–C) groups is 1. The SMILES string of the molecule is CCNC(=NCC1(C(=O)N(C)C)CCCC1)NC1CC(OCC)C12CCC2. The summed E-state index contributed by atoms with van der Waals surface area (Å²) in [5, 5.41) is 7.08. The minimum Gasteiger partial charge on any atom is -0.378 e. The van der Waals surface area contributed by atoms with E-state index in [9.17, 15) is 4.79 Å². The third kappa shape index (κ3) is 3.82. The first-order valence-corrected chi connectivity index (χ1v) is 10.9. The van der Waals surface area contributed by atoms with Crippen LogP contribution in [0.4, 0.5) is 0 Å². The molecule has 3 fully saturated rings. The minimum atomic E-state index is -0.312. The molecule has 0 aromatic carbocycles. The van der Waals surface area contributed by atoms with Crippen LogP contribution in [0.2, 0.25) is 0 Å². The maximum absolute atomic E-state index is 12.8. The Morgan fingerprint density at radius 1 is 1.15 bits per heavy atom. The van der Waals surface area contributed by atoms with E-state index in [0.29, 0.717) is 24.1 Å². The lowest BCUT2D eigenvalue weighted by Gasteiger charge is -2.61. The molecule has 0 bridgehead atoms. The summed E-state index contributed by atoms with van der Waals surface area (Å²) in [6, 6.07) is 0.435. The normalized spacial score (nSPS) is 28.4. The Hall–Kier alpha value is -1.30. The van der Waals surface area contributed by atoms with Gasteiger partial charge in [-0.2, -0.15) is 0 Å². The lowest BCUT2D eigenvalue weighted by molar-refractivity contribution is -0.168. The van der Waals surface area contributed by atoms with E-state index >= 15 is 0 Å². The van der Waals surface area contributed by atoms with Gasteiger partial charge in [0, 0.05) is 38.7 Å². The second-order valence-corrected chi connectivity index (χ2v) is 8.85. The fraction of sp³-hybridized carbons (Fsp3) is 0.905.